The van der Waals surface area contributed by atoms with Crippen LogP contribution in [0.2, 0.25) is 0 Å². The van der Waals surface area contributed by atoms with E-state index in [1.165, 1.54) is 6.08 Å². The Bertz CT molecular complexity index is 605. The molecular weight excluding hydrogens is 292 g/mol. The zero-order chi connectivity index (χ0) is 17.5. The summed E-state index contributed by atoms with van der Waals surface area (Å²) < 4.78 is 0. The van der Waals surface area contributed by atoms with E-state index in [4.69, 9.17) is 5.11 Å². The topological polar surface area (TPSA) is 77.8 Å². The number of aromatic hydroxyl groups is 2. The van der Waals surface area contributed by atoms with Crippen molar-refractivity contribution in [1.29, 1.82) is 0 Å². The number of carboxylic acids is 1. The fourth-order valence-electron chi connectivity index (χ4n) is 2.07. The molecule has 2 rings (SSSR count). The standard InChI is InChI=1S/C15H16O2.C4H6O2/c1-15(2,11-3-7-13(16)8-4-11)12-5-9-14(17)10-6-12;1-2-3-4(5)6/h3-10,16-17H,1-2H3;2-3H,1H3,(H,5,6). The quantitative estimate of drug-likeness (QED) is 0.746. The van der Waals surface area contributed by atoms with E-state index in [1.807, 2.05) is 24.3 Å². The van der Waals surface area contributed by atoms with Crippen LogP contribution in [0.5, 0.6) is 11.5 Å². The summed E-state index contributed by atoms with van der Waals surface area (Å²) >= 11 is 0. The highest BCUT2D eigenvalue weighted by molar-refractivity contribution is 5.79. The Labute approximate surface area is 136 Å². The summed E-state index contributed by atoms with van der Waals surface area (Å²) in [5, 5.41) is 26.4. The molecule has 0 heterocycles. The second-order valence-electron chi connectivity index (χ2n) is 5.56. The second-order valence-corrected chi connectivity index (χ2v) is 5.56. The number of allylic oxidation sites excluding steroid dienone is 1. The summed E-state index contributed by atoms with van der Waals surface area (Å²) in [7, 11) is 0. The summed E-state index contributed by atoms with van der Waals surface area (Å²) in [6.07, 6.45) is 2.56. The summed E-state index contributed by atoms with van der Waals surface area (Å²) in [5.74, 6) is -0.344. The van der Waals surface area contributed by atoms with Gasteiger partial charge in [0.05, 0.1) is 0 Å². The molecule has 0 radical (unpaired) electrons. The average molecular weight is 314 g/mol. The van der Waals surface area contributed by atoms with Gasteiger partial charge < -0.3 is 15.3 Å². The highest BCUT2D eigenvalue weighted by Crippen LogP contribution is 2.32. The number of hydrogen-bond acceptors (Lipinski definition) is 3. The molecule has 2 aromatic carbocycles. The van der Waals surface area contributed by atoms with Gasteiger partial charge in [-0.15, -0.1) is 0 Å². The van der Waals surface area contributed by atoms with Gasteiger partial charge in [0.25, 0.3) is 0 Å². The van der Waals surface area contributed by atoms with E-state index < -0.39 is 5.97 Å². The minimum atomic E-state index is -0.891. The number of phenols is 2. The smallest absolute Gasteiger partial charge is 0.327 e. The molecule has 0 fully saturated rings. The lowest BCUT2D eigenvalue weighted by atomic mass is 9.78. The first kappa shape index (κ1) is 18.3. The molecule has 0 amide bonds. The van der Waals surface area contributed by atoms with Crippen LogP contribution in [-0.2, 0) is 10.2 Å². The molecular formula is C19H22O4. The third-order valence-electron chi connectivity index (χ3n) is 3.49. The third-order valence-corrected chi connectivity index (χ3v) is 3.49. The van der Waals surface area contributed by atoms with Crippen LogP contribution in [0.4, 0.5) is 0 Å². The van der Waals surface area contributed by atoms with Gasteiger partial charge in [-0.25, -0.2) is 4.79 Å². The van der Waals surface area contributed by atoms with E-state index in [-0.39, 0.29) is 16.9 Å². The van der Waals surface area contributed by atoms with Crippen LogP contribution in [0.25, 0.3) is 0 Å². The van der Waals surface area contributed by atoms with Gasteiger partial charge in [-0.05, 0) is 42.3 Å². The molecule has 0 bridgehead atoms. The molecule has 4 nitrogen and oxygen atoms in total. The number of benzene rings is 2. The lowest BCUT2D eigenvalue weighted by Gasteiger charge is -2.26. The van der Waals surface area contributed by atoms with Crippen LogP contribution in [0.3, 0.4) is 0 Å². The third kappa shape index (κ3) is 5.51. The van der Waals surface area contributed by atoms with Crippen LogP contribution >= 0.6 is 0 Å². The summed E-state index contributed by atoms with van der Waals surface area (Å²) in [4.78, 5) is 9.51. The van der Waals surface area contributed by atoms with Crippen LogP contribution in [-0.4, -0.2) is 21.3 Å². The molecule has 0 aliphatic heterocycles. The Hall–Kier alpha value is -2.75. The van der Waals surface area contributed by atoms with Crippen molar-refractivity contribution in [3.05, 3.63) is 71.8 Å². The first-order valence-electron chi connectivity index (χ1n) is 7.22. The fraction of sp³-hybridized carbons (Fsp3) is 0.211. The van der Waals surface area contributed by atoms with E-state index in [0.29, 0.717) is 0 Å². The van der Waals surface area contributed by atoms with Gasteiger partial charge in [0.15, 0.2) is 0 Å². The van der Waals surface area contributed by atoms with Gasteiger partial charge in [0.2, 0.25) is 0 Å². The van der Waals surface area contributed by atoms with E-state index >= 15 is 0 Å². The van der Waals surface area contributed by atoms with Crippen molar-refractivity contribution in [2.24, 2.45) is 0 Å². The second kappa shape index (κ2) is 8.03. The molecule has 0 spiro atoms. The Balaban J connectivity index is 0.000000379. The maximum absolute atomic E-state index is 9.51. The highest BCUT2D eigenvalue weighted by atomic mass is 16.4. The van der Waals surface area contributed by atoms with Crippen molar-refractivity contribution in [2.75, 3.05) is 0 Å². The molecule has 2 aromatic rings. The molecule has 0 atom stereocenters. The van der Waals surface area contributed by atoms with Crippen molar-refractivity contribution < 1.29 is 20.1 Å². The SMILES string of the molecule is CC(C)(c1ccc(O)cc1)c1ccc(O)cc1.CC=CC(=O)O. The first-order chi connectivity index (χ1) is 10.8. The normalized spacial score (nSPS) is 10.9. The predicted octanol–water partition coefficient (Wildman–Crippen LogP) is 4.07. The number of hydrogen-bond donors (Lipinski definition) is 3. The van der Waals surface area contributed by atoms with Gasteiger partial charge in [0.1, 0.15) is 11.5 Å². The van der Waals surface area contributed by atoms with Crippen molar-refractivity contribution in [1.82, 2.24) is 0 Å². The number of carboxylic acid groups (broad SMARTS) is 1. The highest BCUT2D eigenvalue weighted by Gasteiger charge is 2.22. The van der Waals surface area contributed by atoms with Crippen LogP contribution in [0.15, 0.2) is 60.7 Å². The molecule has 0 aliphatic carbocycles. The molecule has 122 valence electrons. The Morgan fingerprint density at radius 2 is 1.22 bits per heavy atom. The summed E-state index contributed by atoms with van der Waals surface area (Å²) in [6, 6.07) is 14.4. The average Bonchev–Trinajstić information content (AvgIpc) is 2.48. The first-order valence-corrected chi connectivity index (χ1v) is 7.22. The van der Waals surface area contributed by atoms with E-state index in [2.05, 4.69) is 13.8 Å². The molecule has 23 heavy (non-hydrogen) atoms. The number of carbonyl (C=O) groups is 1. The largest absolute Gasteiger partial charge is 0.508 e. The van der Waals surface area contributed by atoms with Crippen LogP contribution in [0, 0.1) is 0 Å². The summed E-state index contributed by atoms with van der Waals surface area (Å²) in [6.45, 7) is 5.89. The summed E-state index contributed by atoms with van der Waals surface area (Å²) in [5.41, 5.74) is 2.10. The number of rotatable bonds is 3. The number of aliphatic carboxylic acids is 1. The molecule has 3 N–H and O–H groups in total. The van der Waals surface area contributed by atoms with Gasteiger partial charge >= 0.3 is 5.97 Å². The molecule has 0 aromatic heterocycles. The zero-order valence-electron chi connectivity index (χ0n) is 13.5. The van der Waals surface area contributed by atoms with Gasteiger partial charge in [-0.2, -0.15) is 0 Å². The minimum Gasteiger partial charge on any atom is -0.508 e. The fourth-order valence-corrected chi connectivity index (χ4v) is 2.07. The predicted molar refractivity (Wildman–Crippen MR) is 90.8 cm³/mol. The molecule has 0 aliphatic rings. The maximum atomic E-state index is 9.51. The van der Waals surface area contributed by atoms with Gasteiger partial charge in [0, 0.05) is 11.5 Å². The van der Waals surface area contributed by atoms with Crippen LogP contribution < -0.4 is 0 Å². The van der Waals surface area contributed by atoms with E-state index in [9.17, 15) is 15.0 Å². The molecule has 4 heteroatoms. The molecule has 0 unspecified atom stereocenters. The zero-order valence-corrected chi connectivity index (χ0v) is 13.5. The molecule has 0 saturated heterocycles. The Morgan fingerprint density at radius 1 is 0.870 bits per heavy atom. The van der Waals surface area contributed by atoms with Crippen molar-refractivity contribution in [2.45, 2.75) is 26.2 Å². The Morgan fingerprint density at radius 3 is 1.43 bits per heavy atom. The van der Waals surface area contributed by atoms with Crippen molar-refractivity contribution >= 4 is 5.97 Å². The lowest BCUT2D eigenvalue weighted by molar-refractivity contribution is -0.131. The van der Waals surface area contributed by atoms with E-state index in [1.54, 1.807) is 31.2 Å². The van der Waals surface area contributed by atoms with Gasteiger partial charge in [-0.3, -0.25) is 0 Å². The van der Waals surface area contributed by atoms with Gasteiger partial charge in [-0.1, -0.05) is 44.2 Å². The maximum Gasteiger partial charge on any atom is 0.327 e. The molecule has 0 saturated carbocycles. The van der Waals surface area contributed by atoms with Crippen molar-refractivity contribution in [3.8, 4) is 11.5 Å². The monoisotopic (exact) mass is 314 g/mol. The lowest BCUT2D eigenvalue weighted by Crippen LogP contribution is -2.18. The van der Waals surface area contributed by atoms with Crippen LogP contribution in [0.1, 0.15) is 31.9 Å². The van der Waals surface area contributed by atoms with Crippen molar-refractivity contribution in [3.63, 3.8) is 0 Å². The Kier molecular flexibility index (Phi) is 6.39. The number of phenolic OH excluding ortho intramolecular Hbond substituents is 2. The minimum absolute atomic E-state index is 0.151. The van der Waals surface area contributed by atoms with E-state index in [0.717, 1.165) is 17.2 Å².